The molecule has 2 fully saturated rings. The molecule has 1 aromatic rings. The number of aliphatic carboxylic acids is 1. The third-order valence-corrected chi connectivity index (χ3v) is 5.27. The van der Waals surface area contributed by atoms with Crippen LogP contribution in [0, 0.1) is 0 Å². The summed E-state index contributed by atoms with van der Waals surface area (Å²) in [5.74, 6) is 0.0374. The van der Waals surface area contributed by atoms with Gasteiger partial charge in [-0.2, -0.15) is 0 Å². The molecule has 0 bridgehead atoms. The summed E-state index contributed by atoms with van der Waals surface area (Å²) in [6, 6.07) is 11.0. The van der Waals surface area contributed by atoms with Gasteiger partial charge in [0.1, 0.15) is 6.04 Å². The van der Waals surface area contributed by atoms with Crippen LogP contribution in [-0.4, -0.2) is 34.6 Å². The normalized spacial score (nSPS) is 31.0. The van der Waals surface area contributed by atoms with Gasteiger partial charge >= 0.3 is 5.97 Å². The standard InChI is InChI=1S/C18H25NO2/c20-18(21)17-8-4-5-13-19(17)16-11-9-15(10-12-16)14-6-2-1-3-7-14/h1-3,6-7,15-17H,4-5,8-13H2,(H,20,21). The van der Waals surface area contributed by atoms with Crippen molar-refractivity contribution in [3.05, 3.63) is 35.9 Å². The van der Waals surface area contributed by atoms with Gasteiger partial charge in [0.15, 0.2) is 0 Å². The molecule has 21 heavy (non-hydrogen) atoms. The van der Waals surface area contributed by atoms with Crippen molar-refractivity contribution < 1.29 is 9.90 Å². The van der Waals surface area contributed by atoms with Crippen LogP contribution in [0.1, 0.15) is 56.4 Å². The summed E-state index contributed by atoms with van der Waals surface area (Å²) in [5.41, 5.74) is 1.45. The molecule has 0 aromatic heterocycles. The summed E-state index contributed by atoms with van der Waals surface area (Å²) in [7, 11) is 0. The fourth-order valence-electron chi connectivity index (χ4n) is 4.12. The first-order valence-corrected chi connectivity index (χ1v) is 8.29. The zero-order chi connectivity index (χ0) is 14.7. The molecule has 1 aromatic carbocycles. The quantitative estimate of drug-likeness (QED) is 0.922. The highest BCUT2D eigenvalue weighted by Gasteiger charge is 2.35. The molecule has 3 nitrogen and oxygen atoms in total. The molecule has 1 unspecified atom stereocenters. The van der Waals surface area contributed by atoms with Gasteiger partial charge in [-0.1, -0.05) is 36.8 Å². The van der Waals surface area contributed by atoms with Gasteiger partial charge in [0.25, 0.3) is 0 Å². The van der Waals surface area contributed by atoms with Crippen LogP contribution in [0.2, 0.25) is 0 Å². The molecule has 0 radical (unpaired) electrons. The number of hydrogen-bond acceptors (Lipinski definition) is 2. The maximum absolute atomic E-state index is 11.5. The molecule has 1 saturated heterocycles. The predicted octanol–water partition coefficient (Wildman–Crippen LogP) is 3.65. The van der Waals surface area contributed by atoms with Crippen LogP contribution in [0.3, 0.4) is 0 Å². The Kier molecular flexibility index (Phi) is 4.59. The number of carboxylic acids is 1. The van der Waals surface area contributed by atoms with Gasteiger partial charge in [-0.15, -0.1) is 0 Å². The van der Waals surface area contributed by atoms with E-state index in [1.165, 1.54) is 18.4 Å². The van der Waals surface area contributed by atoms with Crippen LogP contribution in [0.5, 0.6) is 0 Å². The van der Waals surface area contributed by atoms with Crippen molar-refractivity contribution in [2.24, 2.45) is 0 Å². The summed E-state index contributed by atoms with van der Waals surface area (Å²) in [6.07, 6.45) is 7.71. The fourth-order valence-corrected chi connectivity index (χ4v) is 4.12. The predicted molar refractivity (Wildman–Crippen MR) is 83.4 cm³/mol. The smallest absolute Gasteiger partial charge is 0.320 e. The lowest BCUT2D eigenvalue weighted by molar-refractivity contribution is -0.146. The Balaban J connectivity index is 1.61. The number of rotatable bonds is 3. The van der Waals surface area contributed by atoms with Crippen molar-refractivity contribution in [3.63, 3.8) is 0 Å². The van der Waals surface area contributed by atoms with E-state index in [1.807, 2.05) is 0 Å². The lowest BCUT2D eigenvalue weighted by Gasteiger charge is -2.42. The molecule has 1 aliphatic carbocycles. The van der Waals surface area contributed by atoms with E-state index in [4.69, 9.17) is 0 Å². The molecular formula is C18H25NO2. The Hall–Kier alpha value is -1.35. The topological polar surface area (TPSA) is 40.5 Å². The number of carboxylic acid groups (broad SMARTS) is 1. The molecule has 0 amide bonds. The number of nitrogens with zero attached hydrogens (tertiary/aromatic N) is 1. The first-order chi connectivity index (χ1) is 10.3. The van der Waals surface area contributed by atoms with Gasteiger partial charge in [0.2, 0.25) is 0 Å². The Labute approximate surface area is 127 Å². The van der Waals surface area contributed by atoms with Crippen molar-refractivity contribution in [1.29, 1.82) is 0 Å². The van der Waals surface area contributed by atoms with Crippen molar-refractivity contribution in [1.82, 2.24) is 4.90 Å². The fraction of sp³-hybridized carbons (Fsp3) is 0.611. The van der Waals surface area contributed by atoms with E-state index in [2.05, 4.69) is 35.2 Å². The molecule has 114 valence electrons. The van der Waals surface area contributed by atoms with Gasteiger partial charge in [-0.3, -0.25) is 9.69 Å². The van der Waals surface area contributed by atoms with Crippen LogP contribution < -0.4 is 0 Å². The van der Waals surface area contributed by atoms with Crippen molar-refractivity contribution in [3.8, 4) is 0 Å². The van der Waals surface area contributed by atoms with E-state index in [-0.39, 0.29) is 6.04 Å². The molecule has 1 aliphatic heterocycles. The van der Waals surface area contributed by atoms with Gasteiger partial charge in [0, 0.05) is 6.04 Å². The maximum atomic E-state index is 11.5. The molecular weight excluding hydrogens is 262 g/mol. The molecule has 0 spiro atoms. The second kappa shape index (κ2) is 6.61. The molecule has 3 rings (SSSR count). The summed E-state index contributed by atoms with van der Waals surface area (Å²) in [5, 5.41) is 9.43. The number of hydrogen-bond donors (Lipinski definition) is 1. The highest BCUT2D eigenvalue weighted by molar-refractivity contribution is 5.73. The Bertz CT molecular complexity index is 465. The molecule has 1 N–H and O–H groups in total. The van der Waals surface area contributed by atoms with Crippen molar-refractivity contribution in [2.75, 3.05) is 6.54 Å². The first-order valence-electron chi connectivity index (χ1n) is 8.29. The first kappa shape index (κ1) is 14.6. The Morgan fingerprint density at radius 1 is 1.00 bits per heavy atom. The highest BCUT2D eigenvalue weighted by Crippen LogP contribution is 2.36. The number of piperidine rings is 1. The van der Waals surface area contributed by atoms with Gasteiger partial charge in [-0.25, -0.2) is 0 Å². The SMILES string of the molecule is O=C(O)C1CCCCN1C1CCC(c2ccccc2)CC1. The second-order valence-corrected chi connectivity index (χ2v) is 6.50. The summed E-state index contributed by atoms with van der Waals surface area (Å²) < 4.78 is 0. The maximum Gasteiger partial charge on any atom is 0.320 e. The van der Waals surface area contributed by atoms with Crippen LogP contribution >= 0.6 is 0 Å². The molecule has 3 heteroatoms. The van der Waals surface area contributed by atoms with E-state index in [9.17, 15) is 9.90 Å². The molecule has 1 heterocycles. The van der Waals surface area contributed by atoms with Crippen LogP contribution in [0.25, 0.3) is 0 Å². The average Bonchev–Trinajstić information content (AvgIpc) is 2.56. The molecule has 1 saturated carbocycles. The lowest BCUT2D eigenvalue weighted by Crippen LogP contribution is -2.50. The van der Waals surface area contributed by atoms with E-state index in [0.29, 0.717) is 12.0 Å². The molecule has 2 aliphatic rings. The summed E-state index contributed by atoms with van der Waals surface area (Å²) in [6.45, 7) is 0.970. The Morgan fingerprint density at radius 3 is 2.38 bits per heavy atom. The minimum atomic E-state index is -0.625. The van der Waals surface area contributed by atoms with Crippen LogP contribution in [-0.2, 0) is 4.79 Å². The van der Waals surface area contributed by atoms with Gasteiger partial charge in [0.05, 0.1) is 0 Å². The van der Waals surface area contributed by atoms with Gasteiger partial charge in [-0.05, 0) is 56.6 Å². The monoisotopic (exact) mass is 287 g/mol. The minimum Gasteiger partial charge on any atom is -0.480 e. The zero-order valence-corrected chi connectivity index (χ0v) is 12.6. The van der Waals surface area contributed by atoms with E-state index >= 15 is 0 Å². The summed E-state index contributed by atoms with van der Waals surface area (Å²) >= 11 is 0. The van der Waals surface area contributed by atoms with Gasteiger partial charge < -0.3 is 5.11 Å². The number of likely N-dealkylation sites (tertiary alicyclic amines) is 1. The van der Waals surface area contributed by atoms with Crippen LogP contribution in [0.15, 0.2) is 30.3 Å². The highest BCUT2D eigenvalue weighted by atomic mass is 16.4. The average molecular weight is 287 g/mol. The van der Waals surface area contributed by atoms with Crippen molar-refractivity contribution >= 4 is 5.97 Å². The van der Waals surface area contributed by atoms with Crippen molar-refractivity contribution in [2.45, 2.75) is 62.9 Å². The van der Waals surface area contributed by atoms with E-state index in [1.54, 1.807) is 0 Å². The second-order valence-electron chi connectivity index (χ2n) is 6.50. The third-order valence-electron chi connectivity index (χ3n) is 5.27. The number of benzene rings is 1. The largest absolute Gasteiger partial charge is 0.480 e. The van der Waals surface area contributed by atoms with E-state index in [0.717, 1.165) is 38.6 Å². The Morgan fingerprint density at radius 2 is 1.71 bits per heavy atom. The lowest BCUT2D eigenvalue weighted by atomic mass is 9.80. The third kappa shape index (κ3) is 3.29. The minimum absolute atomic E-state index is 0.239. The molecule has 1 atom stereocenters. The van der Waals surface area contributed by atoms with Crippen LogP contribution in [0.4, 0.5) is 0 Å². The number of carbonyl (C=O) groups is 1. The van der Waals surface area contributed by atoms with E-state index < -0.39 is 5.97 Å². The summed E-state index contributed by atoms with van der Waals surface area (Å²) in [4.78, 5) is 13.7. The zero-order valence-electron chi connectivity index (χ0n) is 12.6.